The van der Waals surface area contributed by atoms with E-state index in [2.05, 4.69) is 4.74 Å². The van der Waals surface area contributed by atoms with Gasteiger partial charge in [-0.25, -0.2) is 22.4 Å². The molecule has 0 saturated heterocycles. The molecule has 0 fully saturated rings. The second-order valence-electron chi connectivity index (χ2n) is 7.69. The maximum Gasteiger partial charge on any atom is 0.352 e. The summed E-state index contributed by atoms with van der Waals surface area (Å²) in [6.45, 7) is 2.50. The first kappa shape index (κ1) is 24.8. The summed E-state index contributed by atoms with van der Waals surface area (Å²) in [5, 5.41) is 0. The fourth-order valence-corrected chi connectivity index (χ4v) is 3.40. The van der Waals surface area contributed by atoms with E-state index in [4.69, 9.17) is 9.47 Å². The van der Waals surface area contributed by atoms with Crippen LogP contribution in [0.4, 0.5) is 26.3 Å². The molecule has 0 bridgehead atoms. The minimum Gasteiger partial charge on any atom is -0.473 e. The van der Waals surface area contributed by atoms with E-state index < -0.39 is 58.5 Å². The standard InChI is InChI=1S/C25H14F6O5/c1-10-6-14(9-15-17(10)23(32)16(36-15)8-12-4-3-5-13(26)7-12)35-25(33)11(2)34-24-21(30)19(28)18(27)20(29)22(24)31/h3-9,11H,1-2H3/b16-8-. The predicted octanol–water partition coefficient (Wildman–Crippen LogP) is 5.82. The molecule has 0 saturated carbocycles. The number of fused-ring (bicyclic) bond motifs is 1. The maximum atomic E-state index is 13.8. The largest absolute Gasteiger partial charge is 0.473 e. The Morgan fingerprint density at radius 1 is 0.944 bits per heavy atom. The quantitative estimate of drug-likeness (QED) is 0.109. The number of hydrogen-bond donors (Lipinski definition) is 0. The van der Waals surface area contributed by atoms with Crippen molar-refractivity contribution in [2.24, 2.45) is 0 Å². The van der Waals surface area contributed by atoms with Gasteiger partial charge in [0, 0.05) is 6.07 Å². The van der Waals surface area contributed by atoms with Crippen molar-refractivity contribution >= 4 is 17.8 Å². The zero-order valence-electron chi connectivity index (χ0n) is 18.4. The van der Waals surface area contributed by atoms with Crippen LogP contribution in [-0.4, -0.2) is 17.9 Å². The number of esters is 1. The molecule has 1 unspecified atom stereocenters. The lowest BCUT2D eigenvalue weighted by Gasteiger charge is -2.16. The monoisotopic (exact) mass is 508 g/mol. The number of hydrogen-bond acceptors (Lipinski definition) is 5. The number of ketones is 1. The Kier molecular flexibility index (Phi) is 6.49. The highest BCUT2D eigenvalue weighted by Crippen LogP contribution is 2.38. The number of ether oxygens (including phenoxy) is 3. The topological polar surface area (TPSA) is 61.8 Å². The molecule has 4 rings (SSSR count). The lowest BCUT2D eigenvalue weighted by atomic mass is 10.0. The minimum atomic E-state index is -2.37. The summed E-state index contributed by atoms with van der Waals surface area (Å²) in [4.78, 5) is 25.1. The summed E-state index contributed by atoms with van der Waals surface area (Å²) >= 11 is 0. The Morgan fingerprint density at radius 2 is 1.58 bits per heavy atom. The Balaban J connectivity index is 1.54. The van der Waals surface area contributed by atoms with E-state index in [-0.39, 0.29) is 22.8 Å². The molecule has 0 spiro atoms. The van der Waals surface area contributed by atoms with Gasteiger partial charge in [0.15, 0.2) is 17.6 Å². The van der Waals surface area contributed by atoms with Gasteiger partial charge in [-0.1, -0.05) is 12.1 Å². The van der Waals surface area contributed by atoms with Crippen LogP contribution in [0.25, 0.3) is 6.08 Å². The molecular weight excluding hydrogens is 494 g/mol. The molecule has 1 atom stereocenters. The van der Waals surface area contributed by atoms with Crippen LogP contribution in [0.1, 0.15) is 28.4 Å². The van der Waals surface area contributed by atoms with Crippen LogP contribution in [0.2, 0.25) is 0 Å². The van der Waals surface area contributed by atoms with Gasteiger partial charge in [0.05, 0.1) is 5.56 Å². The Labute approximate surface area is 199 Å². The van der Waals surface area contributed by atoms with E-state index in [1.807, 2.05) is 0 Å². The summed E-state index contributed by atoms with van der Waals surface area (Å²) in [5.74, 6) is -15.4. The van der Waals surface area contributed by atoms with E-state index in [0.29, 0.717) is 11.1 Å². The molecule has 1 aliphatic heterocycles. The molecule has 36 heavy (non-hydrogen) atoms. The van der Waals surface area contributed by atoms with Gasteiger partial charge < -0.3 is 14.2 Å². The molecule has 11 heteroatoms. The summed E-state index contributed by atoms with van der Waals surface area (Å²) in [7, 11) is 0. The van der Waals surface area contributed by atoms with E-state index >= 15 is 0 Å². The number of aryl methyl sites for hydroxylation is 1. The van der Waals surface area contributed by atoms with Crippen molar-refractivity contribution in [2.45, 2.75) is 20.0 Å². The first-order valence-corrected chi connectivity index (χ1v) is 10.2. The molecule has 5 nitrogen and oxygen atoms in total. The molecule has 0 N–H and O–H groups in total. The fraction of sp³-hybridized carbons (Fsp3) is 0.120. The van der Waals surface area contributed by atoms with Crippen molar-refractivity contribution in [1.82, 2.24) is 0 Å². The van der Waals surface area contributed by atoms with Crippen LogP contribution in [-0.2, 0) is 4.79 Å². The first-order valence-electron chi connectivity index (χ1n) is 10.2. The van der Waals surface area contributed by atoms with Gasteiger partial charge in [0.1, 0.15) is 17.3 Å². The van der Waals surface area contributed by atoms with Gasteiger partial charge in [-0.2, -0.15) is 8.78 Å². The molecule has 0 aliphatic carbocycles. The van der Waals surface area contributed by atoms with Gasteiger partial charge in [-0.05, 0) is 49.2 Å². The Morgan fingerprint density at radius 3 is 2.22 bits per heavy atom. The summed E-state index contributed by atoms with van der Waals surface area (Å²) in [5.41, 5.74) is 0.883. The number of carbonyl (C=O) groups excluding carboxylic acids is 2. The third kappa shape index (κ3) is 4.51. The SMILES string of the molecule is Cc1cc(OC(=O)C(C)Oc2c(F)c(F)c(F)c(F)c2F)cc2c1C(=O)/C(=C/c1cccc(F)c1)O2. The highest BCUT2D eigenvalue weighted by molar-refractivity contribution is 6.15. The fourth-order valence-electron chi connectivity index (χ4n) is 3.40. The van der Waals surface area contributed by atoms with Crippen molar-refractivity contribution in [1.29, 1.82) is 0 Å². The van der Waals surface area contributed by atoms with Crippen LogP contribution >= 0.6 is 0 Å². The van der Waals surface area contributed by atoms with Gasteiger partial charge in [-0.15, -0.1) is 0 Å². The third-order valence-electron chi connectivity index (χ3n) is 5.10. The van der Waals surface area contributed by atoms with Crippen molar-refractivity contribution in [3.8, 4) is 17.2 Å². The normalized spacial score (nSPS) is 14.4. The lowest BCUT2D eigenvalue weighted by molar-refractivity contribution is -0.141. The molecule has 3 aromatic rings. The third-order valence-corrected chi connectivity index (χ3v) is 5.10. The highest BCUT2D eigenvalue weighted by atomic mass is 19.2. The van der Waals surface area contributed by atoms with E-state index in [1.54, 1.807) is 6.07 Å². The number of allylic oxidation sites excluding steroid dienone is 1. The Bertz CT molecular complexity index is 1420. The van der Waals surface area contributed by atoms with Gasteiger partial charge >= 0.3 is 5.97 Å². The number of halogens is 6. The summed E-state index contributed by atoms with van der Waals surface area (Å²) < 4.78 is 96.3. The van der Waals surface area contributed by atoms with Crippen LogP contribution < -0.4 is 14.2 Å². The number of Topliss-reactive ketones (excluding diaryl/α,β-unsaturated/α-hetero) is 1. The van der Waals surface area contributed by atoms with Gasteiger partial charge in [0.2, 0.25) is 34.9 Å². The molecule has 0 aromatic heterocycles. The van der Waals surface area contributed by atoms with Crippen molar-refractivity contribution < 1.29 is 50.1 Å². The number of carbonyl (C=O) groups is 2. The van der Waals surface area contributed by atoms with Crippen LogP contribution in [0, 0.1) is 41.8 Å². The molecule has 0 radical (unpaired) electrons. The van der Waals surface area contributed by atoms with Crippen LogP contribution in [0.5, 0.6) is 17.2 Å². The minimum absolute atomic E-state index is 0.0267. The average molecular weight is 508 g/mol. The zero-order chi connectivity index (χ0) is 26.3. The number of rotatable bonds is 5. The summed E-state index contributed by atoms with van der Waals surface area (Å²) in [6, 6.07) is 7.92. The second-order valence-corrected chi connectivity index (χ2v) is 7.69. The van der Waals surface area contributed by atoms with Crippen LogP contribution in [0.15, 0.2) is 42.2 Å². The average Bonchev–Trinajstić information content (AvgIpc) is 3.14. The second kappa shape index (κ2) is 9.40. The Hall–Kier alpha value is -4.28. The van der Waals surface area contributed by atoms with E-state index in [9.17, 15) is 35.9 Å². The molecule has 3 aromatic carbocycles. The number of benzene rings is 3. The zero-order valence-corrected chi connectivity index (χ0v) is 18.4. The maximum absolute atomic E-state index is 13.8. The van der Waals surface area contributed by atoms with Gasteiger partial charge in [-0.3, -0.25) is 4.79 Å². The van der Waals surface area contributed by atoms with Gasteiger partial charge in [0.25, 0.3) is 0 Å². The molecule has 0 amide bonds. The van der Waals surface area contributed by atoms with Crippen molar-refractivity contribution in [2.75, 3.05) is 0 Å². The predicted molar refractivity (Wildman–Crippen MR) is 112 cm³/mol. The smallest absolute Gasteiger partial charge is 0.352 e. The first-order chi connectivity index (χ1) is 17.0. The molecule has 186 valence electrons. The molecular formula is C25H14F6O5. The van der Waals surface area contributed by atoms with Crippen molar-refractivity contribution in [3.63, 3.8) is 0 Å². The lowest BCUT2D eigenvalue weighted by Crippen LogP contribution is -2.29. The van der Waals surface area contributed by atoms with E-state index in [1.165, 1.54) is 43.3 Å². The summed E-state index contributed by atoms with van der Waals surface area (Å²) in [6.07, 6.45) is -0.464. The highest BCUT2D eigenvalue weighted by Gasteiger charge is 2.32. The van der Waals surface area contributed by atoms with Crippen LogP contribution in [0.3, 0.4) is 0 Å². The molecule has 1 heterocycles. The molecule has 1 aliphatic rings. The van der Waals surface area contributed by atoms with E-state index in [0.717, 1.165) is 6.92 Å². The van der Waals surface area contributed by atoms with Crippen molar-refractivity contribution in [3.05, 3.63) is 93.8 Å².